The highest BCUT2D eigenvalue weighted by molar-refractivity contribution is 6.08. The number of benzene rings is 5. The van der Waals surface area contributed by atoms with Gasteiger partial charge in [0.2, 0.25) is 6.17 Å². The lowest BCUT2D eigenvalue weighted by atomic mass is 9.97. The van der Waals surface area contributed by atoms with Crippen LogP contribution in [0.1, 0.15) is 51.3 Å². The Hall–Kier alpha value is -4.58. The smallest absolute Gasteiger partial charge is 0.210 e. The van der Waals surface area contributed by atoms with E-state index in [1.54, 1.807) is 0 Å². The Bertz CT molecular complexity index is 2250. The number of fused-ring (bicyclic) bond motifs is 6. The van der Waals surface area contributed by atoms with Gasteiger partial charge in [0, 0.05) is 32.7 Å². The molecule has 3 heterocycles. The molecule has 0 bridgehead atoms. The molecule has 1 aliphatic heterocycles. The number of hydrogen-bond donors (Lipinski definition) is 1. The first-order chi connectivity index (χ1) is 21.1. The van der Waals surface area contributed by atoms with Gasteiger partial charge >= 0.3 is 0 Å². The van der Waals surface area contributed by atoms with Crippen LogP contribution in [0.3, 0.4) is 0 Å². The summed E-state index contributed by atoms with van der Waals surface area (Å²) < 4.78 is 13.9. The third kappa shape index (κ3) is 3.79. The van der Waals surface area contributed by atoms with Crippen molar-refractivity contribution in [2.24, 2.45) is 0 Å². The lowest BCUT2D eigenvalue weighted by molar-refractivity contribution is -0.937. The van der Waals surface area contributed by atoms with Crippen LogP contribution in [0.25, 0.3) is 43.9 Å². The van der Waals surface area contributed by atoms with Crippen molar-refractivity contribution in [1.29, 1.82) is 0 Å². The molecular weight excluding hydrogens is 542 g/mol. The summed E-state index contributed by atoms with van der Waals surface area (Å²) >= 11 is 0. The number of hydrogen-bond acceptors (Lipinski definition) is 4. The maximum atomic E-state index is 6.72. The molecule has 2 aromatic heterocycles. The van der Waals surface area contributed by atoms with Crippen molar-refractivity contribution < 1.29 is 13.3 Å². The monoisotopic (exact) mass is 580 g/mol. The zero-order valence-corrected chi connectivity index (χ0v) is 26.4. The van der Waals surface area contributed by atoms with Crippen molar-refractivity contribution in [1.82, 2.24) is 5.43 Å². The van der Waals surface area contributed by atoms with E-state index in [2.05, 4.69) is 132 Å². The quantitative estimate of drug-likeness (QED) is 0.211. The second-order valence-corrected chi connectivity index (χ2v) is 13.2. The summed E-state index contributed by atoms with van der Waals surface area (Å²) in [6.45, 7) is 11.0. The van der Waals surface area contributed by atoms with E-state index < -0.39 is 0 Å². The molecule has 5 aromatic carbocycles. The van der Waals surface area contributed by atoms with Crippen LogP contribution in [-0.4, -0.2) is 18.6 Å². The summed E-state index contributed by atoms with van der Waals surface area (Å²) in [5, 5.41) is 7.02. The van der Waals surface area contributed by atoms with E-state index in [0.717, 1.165) is 55.1 Å². The number of rotatable bonds is 3. The Balaban J connectivity index is 1.42. The van der Waals surface area contributed by atoms with Crippen LogP contribution >= 0.6 is 0 Å². The molecule has 0 aliphatic carbocycles. The molecule has 1 fully saturated rings. The van der Waals surface area contributed by atoms with Gasteiger partial charge < -0.3 is 8.83 Å². The zero-order chi connectivity index (χ0) is 30.5. The predicted molar refractivity (Wildman–Crippen MR) is 181 cm³/mol. The molecule has 0 amide bonds. The Morgan fingerprint density at radius 1 is 0.636 bits per heavy atom. The van der Waals surface area contributed by atoms with Crippen LogP contribution in [-0.2, 0) is 0 Å². The first-order valence-corrected chi connectivity index (χ1v) is 15.4. The standard InChI is InChI=1S/C39H38N3O2/c1-22-18-23(2)20-27(19-22)38-40-41(35-25(4)21-31-29-13-9-11-15-33(29)43-36(31)26(35)5)39(42(38,6)7)34-24(3)16-17-30-28-12-8-10-14-32(28)44-37(30)34/h8-21,38-40H,1-7H3/q+1. The van der Waals surface area contributed by atoms with Gasteiger partial charge in [0.15, 0.2) is 6.17 Å². The van der Waals surface area contributed by atoms with Crippen LogP contribution in [0.15, 0.2) is 93.8 Å². The summed E-state index contributed by atoms with van der Waals surface area (Å²) in [7, 11) is 4.68. The minimum atomic E-state index is -0.0932. The van der Waals surface area contributed by atoms with Gasteiger partial charge in [-0.25, -0.2) is 5.01 Å². The summed E-state index contributed by atoms with van der Waals surface area (Å²) in [6, 6.07) is 30.3. The number of nitrogens with zero attached hydrogens (tertiary/aromatic N) is 2. The Labute approximate surface area is 257 Å². The summed E-state index contributed by atoms with van der Waals surface area (Å²) in [5.41, 5.74) is 17.5. The molecule has 5 nitrogen and oxygen atoms in total. The van der Waals surface area contributed by atoms with Crippen molar-refractivity contribution in [3.05, 3.63) is 124 Å². The van der Waals surface area contributed by atoms with Crippen molar-refractivity contribution >= 4 is 49.6 Å². The highest BCUT2D eigenvalue weighted by Crippen LogP contribution is 2.50. The summed E-state index contributed by atoms with van der Waals surface area (Å²) in [4.78, 5) is 0. The Morgan fingerprint density at radius 3 is 1.93 bits per heavy atom. The van der Waals surface area contributed by atoms with Crippen molar-refractivity contribution in [2.75, 3.05) is 19.1 Å². The molecule has 2 atom stereocenters. The number of furan rings is 2. The molecule has 5 heteroatoms. The van der Waals surface area contributed by atoms with Crippen molar-refractivity contribution in [2.45, 2.75) is 47.0 Å². The summed E-state index contributed by atoms with van der Waals surface area (Å²) in [6.07, 6.45) is -0.0906. The fourth-order valence-corrected chi connectivity index (χ4v) is 7.84. The molecular formula is C39H38N3O2+. The minimum Gasteiger partial charge on any atom is -0.456 e. The maximum absolute atomic E-state index is 6.72. The number of anilines is 1. The molecule has 8 rings (SSSR count). The minimum absolute atomic E-state index is 0.00260. The lowest BCUT2D eigenvalue weighted by Gasteiger charge is -2.37. The first-order valence-electron chi connectivity index (χ1n) is 15.4. The second kappa shape index (κ2) is 9.46. The van der Waals surface area contributed by atoms with E-state index in [-0.39, 0.29) is 12.3 Å². The molecule has 0 radical (unpaired) electrons. The van der Waals surface area contributed by atoms with E-state index >= 15 is 0 Å². The normalized spacial score (nSPS) is 18.4. The van der Waals surface area contributed by atoms with Crippen LogP contribution in [0, 0.1) is 34.6 Å². The van der Waals surface area contributed by atoms with E-state index in [1.165, 1.54) is 33.4 Å². The van der Waals surface area contributed by atoms with Crippen LogP contribution < -0.4 is 10.4 Å². The van der Waals surface area contributed by atoms with Crippen LogP contribution in [0.5, 0.6) is 0 Å². The number of aryl methyl sites for hydroxylation is 5. The van der Waals surface area contributed by atoms with Gasteiger partial charge in [-0.3, -0.25) is 4.48 Å². The van der Waals surface area contributed by atoms with E-state index in [0.29, 0.717) is 4.48 Å². The van der Waals surface area contributed by atoms with Crippen LogP contribution in [0.4, 0.5) is 5.69 Å². The molecule has 7 aromatic rings. The topological polar surface area (TPSA) is 41.5 Å². The lowest BCUT2D eigenvalue weighted by Crippen LogP contribution is -2.44. The van der Waals surface area contributed by atoms with Gasteiger partial charge in [-0.2, -0.15) is 5.43 Å². The maximum Gasteiger partial charge on any atom is 0.210 e. The van der Waals surface area contributed by atoms with Gasteiger partial charge in [0.05, 0.1) is 25.3 Å². The average Bonchev–Trinajstić information content (AvgIpc) is 3.62. The van der Waals surface area contributed by atoms with Crippen molar-refractivity contribution in [3.8, 4) is 0 Å². The van der Waals surface area contributed by atoms with Gasteiger partial charge in [0.1, 0.15) is 22.3 Å². The van der Waals surface area contributed by atoms with E-state index in [9.17, 15) is 0 Å². The molecule has 44 heavy (non-hydrogen) atoms. The highest BCUT2D eigenvalue weighted by atomic mass is 16.3. The number of para-hydroxylation sites is 2. The number of hydrazine groups is 1. The van der Waals surface area contributed by atoms with Gasteiger partial charge in [-0.15, -0.1) is 0 Å². The van der Waals surface area contributed by atoms with E-state index in [4.69, 9.17) is 8.83 Å². The molecule has 0 saturated carbocycles. The Kier molecular flexibility index (Phi) is 5.80. The van der Waals surface area contributed by atoms with E-state index in [1.807, 2.05) is 12.1 Å². The number of quaternary nitrogens is 1. The Morgan fingerprint density at radius 2 is 1.25 bits per heavy atom. The SMILES string of the molecule is Cc1cc(C)cc(C2NN(c3c(C)cc4c(oc5ccccc54)c3C)C(c3c(C)ccc4c3oc3ccccc34)[N+]2(C)C)c1. The number of nitrogens with one attached hydrogen (secondary N) is 1. The average molecular weight is 581 g/mol. The predicted octanol–water partition coefficient (Wildman–Crippen LogP) is 9.83. The van der Waals surface area contributed by atoms with Gasteiger partial charge in [-0.05, 0) is 76.1 Å². The largest absolute Gasteiger partial charge is 0.456 e. The molecule has 220 valence electrons. The highest BCUT2D eigenvalue weighted by Gasteiger charge is 2.52. The van der Waals surface area contributed by atoms with Crippen LogP contribution in [0.2, 0.25) is 0 Å². The fourth-order valence-electron chi connectivity index (χ4n) is 7.84. The van der Waals surface area contributed by atoms with Gasteiger partial charge in [0.25, 0.3) is 0 Å². The molecule has 1 aliphatic rings. The molecule has 1 saturated heterocycles. The zero-order valence-electron chi connectivity index (χ0n) is 26.4. The molecule has 1 N–H and O–H groups in total. The molecule has 0 spiro atoms. The third-order valence-electron chi connectivity index (χ3n) is 9.73. The first kappa shape index (κ1) is 27.0. The van der Waals surface area contributed by atoms with Crippen molar-refractivity contribution in [3.63, 3.8) is 0 Å². The summed E-state index contributed by atoms with van der Waals surface area (Å²) in [5.74, 6) is 0. The fraction of sp³-hybridized carbons (Fsp3) is 0.231. The second-order valence-electron chi connectivity index (χ2n) is 13.2. The third-order valence-corrected chi connectivity index (χ3v) is 9.73. The van der Waals surface area contributed by atoms with Gasteiger partial charge in [-0.1, -0.05) is 65.7 Å². The molecule has 2 unspecified atom stereocenters.